The number of fused-ring (bicyclic) bond motifs is 1. The third-order valence-electron chi connectivity index (χ3n) is 3.85. The van der Waals surface area contributed by atoms with Gasteiger partial charge in [-0.3, -0.25) is 4.79 Å². The van der Waals surface area contributed by atoms with E-state index >= 15 is 0 Å². The van der Waals surface area contributed by atoms with Crippen LogP contribution in [0.2, 0.25) is 0 Å². The molecule has 1 N–H and O–H groups in total. The number of ether oxygens (including phenoxy) is 1. The lowest BCUT2D eigenvalue weighted by Crippen LogP contribution is -2.58. The zero-order valence-corrected chi connectivity index (χ0v) is 15.5. The average Bonchev–Trinajstić information content (AvgIpc) is 2.43. The maximum Gasteiger partial charge on any atom is 0.417 e. The van der Waals surface area contributed by atoms with Gasteiger partial charge in [-0.25, -0.2) is 9.69 Å². The molecule has 0 bridgehead atoms. The Bertz CT molecular complexity index is 626. The minimum Gasteiger partial charge on any atom is -0.443 e. The van der Waals surface area contributed by atoms with Crippen LogP contribution < -0.4 is 5.32 Å². The van der Waals surface area contributed by atoms with Crippen molar-refractivity contribution in [2.24, 2.45) is 0 Å². The fraction of sp³-hybridized carbons (Fsp3) is 0.579. The van der Waals surface area contributed by atoms with E-state index in [0.29, 0.717) is 13.0 Å². The summed E-state index contributed by atoms with van der Waals surface area (Å²) in [5, 5.41) is 3.25. The smallest absolute Gasteiger partial charge is 0.417 e. The van der Waals surface area contributed by atoms with Crippen molar-refractivity contribution in [3.8, 4) is 0 Å². The van der Waals surface area contributed by atoms with Gasteiger partial charge in [-0.15, -0.1) is 0 Å². The van der Waals surface area contributed by atoms with Crippen LogP contribution in [0.1, 0.15) is 52.7 Å². The number of carbonyl (C=O) groups is 2. The first-order chi connectivity index (χ1) is 11.0. The Morgan fingerprint density at radius 3 is 2.21 bits per heavy atom. The Labute approximate surface area is 144 Å². The van der Waals surface area contributed by atoms with Crippen LogP contribution in [0.25, 0.3) is 0 Å². The molecule has 0 saturated heterocycles. The van der Waals surface area contributed by atoms with Crippen LogP contribution in [0.3, 0.4) is 0 Å². The van der Waals surface area contributed by atoms with Crippen LogP contribution in [0, 0.1) is 0 Å². The van der Waals surface area contributed by atoms with Crippen molar-refractivity contribution < 1.29 is 14.3 Å². The standard InChI is InChI=1S/C19H28N2O3/c1-18(2,3)21(17(23)24-19(4,5)6)16(22)15-11-13-9-7-8-10-14(13)12-20-15/h7-10,15,20H,11-12H2,1-6H3. The van der Waals surface area contributed by atoms with Crippen molar-refractivity contribution in [2.75, 3.05) is 0 Å². The summed E-state index contributed by atoms with van der Waals surface area (Å²) in [7, 11) is 0. The van der Waals surface area contributed by atoms with Gasteiger partial charge in [0.25, 0.3) is 0 Å². The number of benzene rings is 1. The molecule has 0 radical (unpaired) electrons. The second-order valence-electron chi connectivity index (χ2n) is 8.23. The number of nitrogens with one attached hydrogen (secondary N) is 1. The molecule has 132 valence electrons. The van der Waals surface area contributed by atoms with Crippen LogP contribution in [-0.2, 0) is 22.5 Å². The number of amides is 2. The molecule has 1 atom stereocenters. The van der Waals surface area contributed by atoms with E-state index in [0.717, 1.165) is 5.56 Å². The summed E-state index contributed by atoms with van der Waals surface area (Å²) in [6.45, 7) is 11.5. The molecular weight excluding hydrogens is 304 g/mol. The SMILES string of the molecule is CC(C)(C)OC(=O)N(C(=O)C1Cc2ccccc2CN1)C(C)(C)C. The Morgan fingerprint density at radius 2 is 1.67 bits per heavy atom. The fourth-order valence-electron chi connectivity index (χ4n) is 2.79. The number of carbonyl (C=O) groups excluding carboxylic acids is 2. The Hall–Kier alpha value is -1.88. The maximum atomic E-state index is 13.0. The monoisotopic (exact) mass is 332 g/mol. The Morgan fingerprint density at radius 1 is 1.08 bits per heavy atom. The van der Waals surface area contributed by atoms with E-state index in [-0.39, 0.29) is 5.91 Å². The van der Waals surface area contributed by atoms with Gasteiger partial charge in [0, 0.05) is 12.1 Å². The molecule has 0 aromatic heterocycles. The lowest BCUT2D eigenvalue weighted by molar-refractivity contribution is -0.137. The Balaban J connectivity index is 2.22. The van der Waals surface area contributed by atoms with E-state index in [1.807, 2.05) is 39.0 Å². The summed E-state index contributed by atoms with van der Waals surface area (Å²) < 4.78 is 5.45. The van der Waals surface area contributed by atoms with Gasteiger partial charge in [-0.2, -0.15) is 0 Å². The van der Waals surface area contributed by atoms with Crippen LogP contribution in [0.15, 0.2) is 24.3 Å². The van der Waals surface area contributed by atoms with Gasteiger partial charge in [0.15, 0.2) is 0 Å². The normalized spacial score (nSPS) is 17.8. The topological polar surface area (TPSA) is 58.6 Å². The number of hydrogen-bond acceptors (Lipinski definition) is 4. The highest BCUT2D eigenvalue weighted by Gasteiger charge is 2.40. The van der Waals surface area contributed by atoms with E-state index in [1.54, 1.807) is 20.8 Å². The van der Waals surface area contributed by atoms with E-state index in [1.165, 1.54) is 10.5 Å². The molecule has 1 aromatic rings. The van der Waals surface area contributed by atoms with E-state index in [2.05, 4.69) is 11.4 Å². The molecule has 1 aromatic carbocycles. The highest BCUT2D eigenvalue weighted by Crippen LogP contribution is 2.23. The minimum atomic E-state index is -0.655. The predicted molar refractivity (Wildman–Crippen MR) is 93.6 cm³/mol. The molecule has 0 fully saturated rings. The predicted octanol–water partition coefficient (Wildman–Crippen LogP) is 3.26. The maximum absolute atomic E-state index is 13.0. The molecule has 5 heteroatoms. The van der Waals surface area contributed by atoms with Gasteiger partial charge < -0.3 is 10.1 Å². The van der Waals surface area contributed by atoms with Crippen molar-refractivity contribution in [3.63, 3.8) is 0 Å². The van der Waals surface area contributed by atoms with Crippen LogP contribution in [0.5, 0.6) is 0 Å². The molecule has 1 aliphatic heterocycles. The van der Waals surface area contributed by atoms with Gasteiger partial charge in [-0.05, 0) is 59.1 Å². The molecule has 2 rings (SSSR count). The van der Waals surface area contributed by atoms with Crippen LogP contribution >= 0.6 is 0 Å². The molecule has 0 spiro atoms. The zero-order valence-electron chi connectivity index (χ0n) is 15.5. The highest BCUT2D eigenvalue weighted by atomic mass is 16.6. The van der Waals surface area contributed by atoms with Crippen molar-refractivity contribution >= 4 is 12.0 Å². The van der Waals surface area contributed by atoms with Gasteiger partial charge in [0.05, 0.1) is 6.04 Å². The second kappa shape index (κ2) is 6.55. The minimum absolute atomic E-state index is 0.244. The number of rotatable bonds is 1. The van der Waals surface area contributed by atoms with E-state index in [4.69, 9.17) is 4.74 Å². The molecule has 24 heavy (non-hydrogen) atoms. The molecular formula is C19H28N2O3. The first kappa shape index (κ1) is 18.5. The molecule has 5 nitrogen and oxygen atoms in total. The first-order valence-electron chi connectivity index (χ1n) is 8.36. The second-order valence-corrected chi connectivity index (χ2v) is 8.23. The lowest BCUT2D eigenvalue weighted by Gasteiger charge is -2.38. The van der Waals surface area contributed by atoms with Gasteiger partial charge in [-0.1, -0.05) is 24.3 Å². The quantitative estimate of drug-likeness (QED) is 0.857. The van der Waals surface area contributed by atoms with E-state index < -0.39 is 23.3 Å². The summed E-state index contributed by atoms with van der Waals surface area (Å²) in [5.41, 5.74) is 1.04. The molecule has 1 aliphatic rings. The third-order valence-corrected chi connectivity index (χ3v) is 3.85. The van der Waals surface area contributed by atoms with E-state index in [9.17, 15) is 9.59 Å². The molecule has 0 aliphatic carbocycles. The average molecular weight is 332 g/mol. The zero-order chi connectivity index (χ0) is 18.1. The summed E-state index contributed by atoms with van der Waals surface area (Å²) in [6.07, 6.45) is -0.0228. The van der Waals surface area contributed by atoms with Gasteiger partial charge in [0.1, 0.15) is 5.60 Å². The van der Waals surface area contributed by atoms with Crippen molar-refractivity contribution in [1.29, 1.82) is 0 Å². The van der Waals surface area contributed by atoms with Gasteiger partial charge in [0.2, 0.25) is 5.91 Å². The molecule has 1 unspecified atom stereocenters. The first-order valence-corrected chi connectivity index (χ1v) is 8.36. The van der Waals surface area contributed by atoms with Crippen LogP contribution in [-0.4, -0.2) is 34.1 Å². The lowest BCUT2D eigenvalue weighted by atomic mass is 9.94. The summed E-state index contributed by atoms with van der Waals surface area (Å²) >= 11 is 0. The largest absolute Gasteiger partial charge is 0.443 e. The number of nitrogens with zero attached hydrogens (tertiary/aromatic N) is 1. The highest BCUT2D eigenvalue weighted by molar-refractivity contribution is 5.96. The third kappa shape index (κ3) is 4.35. The number of hydrogen-bond donors (Lipinski definition) is 1. The summed E-state index contributed by atoms with van der Waals surface area (Å²) in [5.74, 6) is -0.244. The Kier molecular flexibility index (Phi) is 5.04. The van der Waals surface area contributed by atoms with Crippen molar-refractivity contribution in [3.05, 3.63) is 35.4 Å². The van der Waals surface area contributed by atoms with Crippen LogP contribution in [0.4, 0.5) is 4.79 Å². The molecule has 0 saturated carbocycles. The van der Waals surface area contributed by atoms with Crippen molar-refractivity contribution in [2.45, 2.75) is 71.7 Å². The number of imide groups is 1. The van der Waals surface area contributed by atoms with Gasteiger partial charge >= 0.3 is 6.09 Å². The molecule has 2 amide bonds. The van der Waals surface area contributed by atoms with Crippen molar-refractivity contribution in [1.82, 2.24) is 10.2 Å². The fourth-order valence-corrected chi connectivity index (χ4v) is 2.79. The summed E-state index contributed by atoms with van der Waals surface area (Å²) in [4.78, 5) is 26.9. The molecule has 1 heterocycles. The summed E-state index contributed by atoms with van der Waals surface area (Å²) in [6, 6.07) is 7.63.